The molecule has 0 unspecified atom stereocenters. The van der Waals surface area contributed by atoms with Gasteiger partial charge in [0.05, 0.1) is 11.1 Å². The number of benzene rings is 1. The van der Waals surface area contributed by atoms with Crippen LogP contribution in [0.2, 0.25) is 0 Å². The molecule has 3 nitrogen and oxygen atoms in total. The van der Waals surface area contributed by atoms with Gasteiger partial charge < -0.3 is 10.4 Å². The second-order valence-electron chi connectivity index (χ2n) is 5.47. The Bertz CT molecular complexity index is 576. The molecule has 2 rings (SSSR count). The number of hydrogen-bond donors (Lipinski definition) is 2. The lowest BCUT2D eigenvalue weighted by molar-refractivity contribution is 0.0323. The van der Waals surface area contributed by atoms with Crippen LogP contribution < -0.4 is 5.32 Å². The third kappa shape index (κ3) is 3.35. The summed E-state index contributed by atoms with van der Waals surface area (Å²) in [5.41, 5.74) is 2.70. The zero-order valence-electron chi connectivity index (χ0n) is 12.6. The summed E-state index contributed by atoms with van der Waals surface area (Å²) >= 11 is 0. The summed E-state index contributed by atoms with van der Waals surface area (Å²) in [7, 11) is 0. The second-order valence-corrected chi connectivity index (χ2v) is 5.47. The van der Waals surface area contributed by atoms with Gasteiger partial charge in [-0.15, -0.1) is 0 Å². The normalized spacial score (nSPS) is 12.0. The zero-order chi connectivity index (χ0) is 14.6. The molecular weight excluding hydrogens is 248 g/mol. The van der Waals surface area contributed by atoms with Crippen LogP contribution in [0.5, 0.6) is 0 Å². The third-order valence-corrected chi connectivity index (χ3v) is 4.02. The molecule has 1 aromatic heterocycles. The molecule has 0 fully saturated rings. The molecule has 0 spiro atoms. The van der Waals surface area contributed by atoms with Crippen molar-refractivity contribution in [2.24, 2.45) is 0 Å². The highest BCUT2D eigenvalue weighted by atomic mass is 16.3. The van der Waals surface area contributed by atoms with Crippen LogP contribution in [0, 0.1) is 6.92 Å². The smallest absolute Gasteiger partial charge is 0.0766 e. The average Bonchev–Trinajstić information content (AvgIpc) is 2.46. The summed E-state index contributed by atoms with van der Waals surface area (Å²) in [4.78, 5) is 4.55. The van der Waals surface area contributed by atoms with Crippen molar-refractivity contribution in [2.75, 3.05) is 6.54 Å². The molecule has 2 N–H and O–H groups in total. The fourth-order valence-electron chi connectivity index (χ4n) is 2.47. The molecule has 0 atom stereocenters. The zero-order valence-corrected chi connectivity index (χ0v) is 12.6. The van der Waals surface area contributed by atoms with Gasteiger partial charge in [0.15, 0.2) is 0 Å². The predicted octanol–water partition coefficient (Wildman–Crippen LogP) is 3.18. The van der Waals surface area contributed by atoms with Crippen LogP contribution in [0.1, 0.15) is 37.9 Å². The lowest BCUT2D eigenvalue weighted by Crippen LogP contribution is -2.39. The predicted molar refractivity (Wildman–Crippen MR) is 83.7 cm³/mol. The molecule has 1 heterocycles. The van der Waals surface area contributed by atoms with Crippen molar-refractivity contribution in [1.82, 2.24) is 10.3 Å². The first kappa shape index (κ1) is 14.9. The Morgan fingerprint density at radius 2 is 1.90 bits per heavy atom. The molecule has 0 amide bonds. The van der Waals surface area contributed by atoms with E-state index in [1.807, 2.05) is 39.0 Å². The van der Waals surface area contributed by atoms with E-state index < -0.39 is 5.60 Å². The monoisotopic (exact) mass is 272 g/mol. The van der Waals surface area contributed by atoms with E-state index in [9.17, 15) is 5.11 Å². The summed E-state index contributed by atoms with van der Waals surface area (Å²) in [5.74, 6) is 0. The summed E-state index contributed by atoms with van der Waals surface area (Å²) in [6.07, 6.45) is 1.54. The number of aryl methyl sites for hydroxylation is 1. The Labute approximate surface area is 121 Å². The highest BCUT2D eigenvalue weighted by Gasteiger charge is 2.21. The summed E-state index contributed by atoms with van der Waals surface area (Å²) in [6.45, 7) is 7.45. The van der Waals surface area contributed by atoms with E-state index in [1.54, 1.807) is 0 Å². The Hall–Kier alpha value is -1.45. The van der Waals surface area contributed by atoms with E-state index in [4.69, 9.17) is 0 Å². The molecule has 0 saturated heterocycles. The molecule has 1 aromatic carbocycles. The fraction of sp³-hybridized carbons (Fsp3) is 0.471. The van der Waals surface area contributed by atoms with Gasteiger partial charge in [-0.25, -0.2) is 0 Å². The summed E-state index contributed by atoms with van der Waals surface area (Å²) in [6, 6.07) is 10.3. The van der Waals surface area contributed by atoms with Gasteiger partial charge in [0.2, 0.25) is 0 Å². The van der Waals surface area contributed by atoms with Gasteiger partial charge >= 0.3 is 0 Å². The number of aliphatic hydroxyl groups is 1. The molecule has 0 saturated carbocycles. The standard InChI is InChI=1S/C17H24N2O/c1-4-17(20,5-2)12-18-11-14-10-13(3)19-16-9-7-6-8-15(14)16/h6-10,18,20H,4-5,11-12H2,1-3H3. The minimum Gasteiger partial charge on any atom is -0.389 e. The van der Waals surface area contributed by atoms with Gasteiger partial charge in [0, 0.05) is 24.2 Å². The number of hydrogen-bond acceptors (Lipinski definition) is 3. The van der Waals surface area contributed by atoms with Gasteiger partial charge in [0.1, 0.15) is 0 Å². The summed E-state index contributed by atoms with van der Waals surface area (Å²) in [5, 5.41) is 14.9. The van der Waals surface area contributed by atoms with Crippen LogP contribution in [0.25, 0.3) is 10.9 Å². The van der Waals surface area contributed by atoms with Crippen molar-refractivity contribution in [1.29, 1.82) is 0 Å². The van der Waals surface area contributed by atoms with E-state index in [1.165, 1.54) is 10.9 Å². The number of fused-ring (bicyclic) bond motifs is 1. The molecule has 20 heavy (non-hydrogen) atoms. The largest absolute Gasteiger partial charge is 0.389 e. The highest BCUT2D eigenvalue weighted by Crippen LogP contribution is 2.19. The Morgan fingerprint density at radius 3 is 2.60 bits per heavy atom. The van der Waals surface area contributed by atoms with Gasteiger partial charge in [0.25, 0.3) is 0 Å². The first-order valence-corrected chi connectivity index (χ1v) is 7.36. The number of pyridine rings is 1. The lowest BCUT2D eigenvalue weighted by atomic mass is 9.97. The highest BCUT2D eigenvalue weighted by molar-refractivity contribution is 5.82. The quantitative estimate of drug-likeness (QED) is 0.849. The molecule has 2 aromatic rings. The number of nitrogens with one attached hydrogen (secondary N) is 1. The number of nitrogens with zero attached hydrogens (tertiary/aromatic N) is 1. The lowest BCUT2D eigenvalue weighted by Gasteiger charge is -2.25. The van der Waals surface area contributed by atoms with E-state index in [2.05, 4.69) is 22.4 Å². The molecule has 0 radical (unpaired) electrons. The van der Waals surface area contributed by atoms with Crippen molar-refractivity contribution >= 4 is 10.9 Å². The van der Waals surface area contributed by atoms with Crippen molar-refractivity contribution in [3.8, 4) is 0 Å². The van der Waals surface area contributed by atoms with Gasteiger partial charge in [-0.3, -0.25) is 4.98 Å². The molecule has 0 bridgehead atoms. The van der Waals surface area contributed by atoms with E-state index in [0.29, 0.717) is 6.54 Å². The second kappa shape index (κ2) is 6.33. The molecular formula is C17H24N2O. The fourth-order valence-corrected chi connectivity index (χ4v) is 2.47. The molecule has 0 aliphatic heterocycles. The third-order valence-electron chi connectivity index (χ3n) is 4.02. The van der Waals surface area contributed by atoms with E-state index >= 15 is 0 Å². The van der Waals surface area contributed by atoms with Crippen molar-refractivity contribution in [3.63, 3.8) is 0 Å². The first-order chi connectivity index (χ1) is 9.58. The minimum absolute atomic E-state index is 0.599. The number of aromatic nitrogens is 1. The Kier molecular flexibility index (Phi) is 4.73. The summed E-state index contributed by atoms with van der Waals surface area (Å²) < 4.78 is 0. The van der Waals surface area contributed by atoms with E-state index in [0.717, 1.165) is 30.6 Å². The molecule has 108 valence electrons. The molecule has 0 aliphatic carbocycles. The maximum Gasteiger partial charge on any atom is 0.0766 e. The first-order valence-electron chi connectivity index (χ1n) is 7.36. The van der Waals surface area contributed by atoms with Crippen LogP contribution in [0.4, 0.5) is 0 Å². The number of rotatable bonds is 6. The average molecular weight is 272 g/mol. The Morgan fingerprint density at radius 1 is 1.20 bits per heavy atom. The van der Waals surface area contributed by atoms with Gasteiger partial charge in [-0.1, -0.05) is 32.0 Å². The van der Waals surface area contributed by atoms with Crippen LogP contribution in [-0.4, -0.2) is 22.2 Å². The van der Waals surface area contributed by atoms with Gasteiger partial charge in [-0.2, -0.15) is 0 Å². The van der Waals surface area contributed by atoms with E-state index in [-0.39, 0.29) is 0 Å². The minimum atomic E-state index is -0.599. The van der Waals surface area contributed by atoms with Crippen molar-refractivity contribution < 1.29 is 5.11 Å². The van der Waals surface area contributed by atoms with Crippen molar-refractivity contribution in [3.05, 3.63) is 41.6 Å². The van der Waals surface area contributed by atoms with Crippen LogP contribution in [0.15, 0.2) is 30.3 Å². The number of para-hydroxylation sites is 1. The van der Waals surface area contributed by atoms with Crippen LogP contribution in [0.3, 0.4) is 0 Å². The van der Waals surface area contributed by atoms with Crippen LogP contribution >= 0.6 is 0 Å². The Balaban J connectivity index is 2.14. The SMILES string of the molecule is CCC(O)(CC)CNCc1cc(C)nc2ccccc12. The van der Waals surface area contributed by atoms with Crippen LogP contribution in [-0.2, 0) is 6.54 Å². The topological polar surface area (TPSA) is 45.1 Å². The van der Waals surface area contributed by atoms with Crippen molar-refractivity contribution in [2.45, 2.75) is 45.8 Å². The van der Waals surface area contributed by atoms with Gasteiger partial charge in [-0.05, 0) is 37.5 Å². The maximum atomic E-state index is 10.3. The molecule has 3 heteroatoms. The molecule has 0 aliphatic rings. The maximum absolute atomic E-state index is 10.3.